The molecule has 10 heteroatoms. The van der Waals surface area contributed by atoms with E-state index in [0.29, 0.717) is 55.5 Å². The van der Waals surface area contributed by atoms with Gasteiger partial charge in [-0.3, -0.25) is 9.59 Å². The zero-order chi connectivity index (χ0) is 19.4. The summed E-state index contributed by atoms with van der Waals surface area (Å²) in [5.41, 5.74) is 6.46. The second-order valence-corrected chi connectivity index (χ2v) is 6.96. The van der Waals surface area contributed by atoms with Gasteiger partial charge in [0.2, 0.25) is 0 Å². The molecule has 152 valence electrons. The molecule has 3 rings (SSSR count). The van der Waals surface area contributed by atoms with E-state index in [1.54, 1.807) is 47.6 Å². The summed E-state index contributed by atoms with van der Waals surface area (Å²) in [6, 6.07) is 5.09. The summed E-state index contributed by atoms with van der Waals surface area (Å²) in [6.45, 7) is 2.16. The molecule has 2 N–H and O–H groups in total. The summed E-state index contributed by atoms with van der Waals surface area (Å²) in [5.74, 6) is 0.885. The average molecular weight is 427 g/mol. The van der Waals surface area contributed by atoms with Crippen molar-refractivity contribution in [3.8, 4) is 11.5 Å². The smallest absolute Gasteiger partial charge is 0.273 e. The molecule has 0 radical (unpaired) electrons. The van der Waals surface area contributed by atoms with Crippen molar-refractivity contribution in [2.45, 2.75) is 6.54 Å². The standard InChI is InChI=1S/C18H22N4O4S.ClH/c1-25-13-7-12(8-14(9-13)26-2)17(23)21-3-5-22(6-4-21)18(24)15-11-27-16(10-19)20-15;/h7-9,11H,3-6,10,19H2,1-2H3;1H. The van der Waals surface area contributed by atoms with Gasteiger partial charge in [-0.25, -0.2) is 4.98 Å². The minimum absolute atomic E-state index is 0. The summed E-state index contributed by atoms with van der Waals surface area (Å²) < 4.78 is 10.5. The van der Waals surface area contributed by atoms with Crippen LogP contribution in [0.15, 0.2) is 23.6 Å². The molecule has 2 amide bonds. The van der Waals surface area contributed by atoms with Crippen LogP contribution in [0.4, 0.5) is 0 Å². The fraction of sp³-hybridized carbons (Fsp3) is 0.389. The Balaban J connectivity index is 0.00000280. The lowest BCUT2D eigenvalue weighted by Gasteiger charge is -2.34. The van der Waals surface area contributed by atoms with Gasteiger partial charge < -0.3 is 25.0 Å². The van der Waals surface area contributed by atoms with Gasteiger partial charge in [-0.2, -0.15) is 0 Å². The first-order valence-electron chi connectivity index (χ1n) is 8.51. The lowest BCUT2D eigenvalue weighted by molar-refractivity contribution is 0.0532. The molecule has 1 aliphatic rings. The first-order valence-corrected chi connectivity index (χ1v) is 9.39. The van der Waals surface area contributed by atoms with E-state index < -0.39 is 0 Å². The van der Waals surface area contributed by atoms with Crippen LogP contribution < -0.4 is 15.2 Å². The number of rotatable bonds is 5. The Hall–Kier alpha value is -2.36. The molecule has 0 bridgehead atoms. The molecule has 1 fully saturated rings. The fourth-order valence-electron chi connectivity index (χ4n) is 2.89. The first kappa shape index (κ1) is 21.9. The van der Waals surface area contributed by atoms with Crippen molar-refractivity contribution in [1.29, 1.82) is 0 Å². The topological polar surface area (TPSA) is 98.0 Å². The highest BCUT2D eigenvalue weighted by atomic mass is 35.5. The Morgan fingerprint density at radius 2 is 1.57 bits per heavy atom. The van der Waals surface area contributed by atoms with Gasteiger partial charge in [-0.1, -0.05) is 0 Å². The van der Waals surface area contributed by atoms with Gasteiger partial charge in [0.1, 0.15) is 22.2 Å². The third kappa shape index (κ3) is 4.73. The molecular formula is C18H23ClN4O4S. The summed E-state index contributed by atoms with van der Waals surface area (Å²) in [6.07, 6.45) is 0. The number of benzene rings is 1. The molecule has 0 unspecified atom stereocenters. The molecule has 8 nitrogen and oxygen atoms in total. The molecule has 1 aromatic heterocycles. The maximum absolute atomic E-state index is 12.8. The molecule has 1 aliphatic heterocycles. The van der Waals surface area contributed by atoms with E-state index >= 15 is 0 Å². The predicted octanol–water partition coefficient (Wildman–Crippen LogP) is 1.64. The maximum atomic E-state index is 12.8. The minimum atomic E-state index is -0.124. The lowest BCUT2D eigenvalue weighted by atomic mass is 10.1. The Kier molecular flexibility index (Phi) is 7.61. The molecule has 1 saturated heterocycles. The number of nitrogens with two attached hydrogens (primary N) is 1. The highest BCUT2D eigenvalue weighted by Gasteiger charge is 2.27. The Bertz CT molecular complexity index is 814. The molecule has 0 saturated carbocycles. The molecular weight excluding hydrogens is 404 g/mol. The third-order valence-electron chi connectivity index (χ3n) is 4.40. The number of carbonyl (C=O) groups excluding carboxylic acids is 2. The number of piperazine rings is 1. The van der Waals surface area contributed by atoms with E-state index in [2.05, 4.69) is 4.98 Å². The maximum Gasteiger partial charge on any atom is 0.273 e. The predicted molar refractivity (Wildman–Crippen MR) is 109 cm³/mol. The number of nitrogens with zero attached hydrogens (tertiary/aromatic N) is 3. The van der Waals surface area contributed by atoms with Crippen LogP contribution in [0.3, 0.4) is 0 Å². The van der Waals surface area contributed by atoms with E-state index in [4.69, 9.17) is 15.2 Å². The van der Waals surface area contributed by atoms with Crippen molar-refractivity contribution >= 4 is 35.6 Å². The molecule has 28 heavy (non-hydrogen) atoms. The molecule has 0 spiro atoms. The normalized spacial score (nSPS) is 13.7. The van der Waals surface area contributed by atoms with Gasteiger partial charge in [0.05, 0.1) is 14.2 Å². The Labute approximate surface area is 173 Å². The second-order valence-electron chi connectivity index (χ2n) is 6.02. The Morgan fingerprint density at radius 3 is 2.04 bits per heavy atom. The van der Waals surface area contributed by atoms with Crippen molar-refractivity contribution in [3.05, 3.63) is 39.8 Å². The largest absolute Gasteiger partial charge is 0.497 e. The van der Waals surface area contributed by atoms with Gasteiger partial charge in [-0.05, 0) is 12.1 Å². The van der Waals surface area contributed by atoms with E-state index in [1.165, 1.54) is 11.3 Å². The second kappa shape index (κ2) is 9.72. The van der Waals surface area contributed by atoms with E-state index in [-0.39, 0.29) is 24.2 Å². The molecule has 0 aliphatic carbocycles. The van der Waals surface area contributed by atoms with Crippen LogP contribution in [0.25, 0.3) is 0 Å². The van der Waals surface area contributed by atoms with Crippen LogP contribution in [0.5, 0.6) is 11.5 Å². The van der Waals surface area contributed by atoms with Crippen molar-refractivity contribution < 1.29 is 19.1 Å². The summed E-state index contributed by atoms with van der Waals surface area (Å²) in [4.78, 5) is 33.0. The number of amides is 2. The number of halogens is 1. The summed E-state index contributed by atoms with van der Waals surface area (Å²) >= 11 is 1.38. The van der Waals surface area contributed by atoms with Crippen LogP contribution in [-0.2, 0) is 6.54 Å². The van der Waals surface area contributed by atoms with Crippen LogP contribution >= 0.6 is 23.7 Å². The van der Waals surface area contributed by atoms with Crippen LogP contribution in [0.2, 0.25) is 0 Å². The van der Waals surface area contributed by atoms with Gasteiger partial charge in [-0.15, -0.1) is 23.7 Å². The molecule has 2 aromatic rings. The SMILES string of the molecule is COc1cc(OC)cc(C(=O)N2CCN(C(=O)c3csc(CN)n3)CC2)c1.Cl. The zero-order valence-electron chi connectivity index (χ0n) is 15.7. The number of carbonyl (C=O) groups is 2. The van der Waals surface area contributed by atoms with Gasteiger partial charge in [0.25, 0.3) is 11.8 Å². The quantitative estimate of drug-likeness (QED) is 0.780. The highest BCUT2D eigenvalue weighted by molar-refractivity contribution is 7.09. The Morgan fingerprint density at radius 1 is 1.04 bits per heavy atom. The van der Waals surface area contributed by atoms with Crippen molar-refractivity contribution in [1.82, 2.24) is 14.8 Å². The summed E-state index contributed by atoms with van der Waals surface area (Å²) in [5, 5.41) is 2.46. The van der Waals surface area contributed by atoms with E-state index in [0.717, 1.165) is 5.01 Å². The molecule has 2 heterocycles. The monoisotopic (exact) mass is 426 g/mol. The van der Waals surface area contributed by atoms with Gasteiger partial charge in [0, 0.05) is 49.7 Å². The average Bonchev–Trinajstić information content (AvgIpc) is 3.21. The lowest BCUT2D eigenvalue weighted by Crippen LogP contribution is -2.50. The van der Waals surface area contributed by atoms with E-state index in [9.17, 15) is 9.59 Å². The van der Waals surface area contributed by atoms with Crippen molar-refractivity contribution in [2.75, 3.05) is 40.4 Å². The highest BCUT2D eigenvalue weighted by Crippen LogP contribution is 2.24. The van der Waals surface area contributed by atoms with Gasteiger partial charge >= 0.3 is 0 Å². The summed E-state index contributed by atoms with van der Waals surface area (Å²) in [7, 11) is 3.09. The number of thiazole rings is 1. The van der Waals surface area contributed by atoms with Crippen LogP contribution in [-0.4, -0.2) is 67.0 Å². The van der Waals surface area contributed by atoms with Crippen molar-refractivity contribution in [2.24, 2.45) is 5.73 Å². The number of aromatic nitrogens is 1. The van der Waals surface area contributed by atoms with Crippen LogP contribution in [0, 0.1) is 0 Å². The third-order valence-corrected chi connectivity index (χ3v) is 5.27. The number of hydrogen-bond donors (Lipinski definition) is 1. The molecule has 1 aromatic carbocycles. The number of ether oxygens (including phenoxy) is 2. The first-order chi connectivity index (χ1) is 13.0. The fourth-order valence-corrected chi connectivity index (χ4v) is 3.54. The van der Waals surface area contributed by atoms with Crippen LogP contribution in [0.1, 0.15) is 25.9 Å². The van der Waals surface area contributed by atoms with E-state index in [1.807, 2.05) is 0 Å². The number of methoxy groups -OCH3 is 2. The van der Waals surface area contributed by atoms with Crippen molar-refractivity contribution in [3.63, 3.8) is 0 Å². The minimum Gasteiger partial charge on any atom is -0.497 e. The van der Waals surface area contributed by atoms with Gasteiger partial charge in [0.15, 0.2) is 0 Å². The zero-order valence-corrected chi connectivity index (χ0v) is 17.3. The molecule has 0 atom stereocenters. The number of hydrogen-bond acceptors (Lipinski definition) is 7.